The van der Waals surface area contributed by atoms with Crippen molar-refractivity contribution in [3.63, 3.8) is 0 Å². The summed E-state index contributed by atoms with van der Waals surface area (Å²) in [4.78, 5) is 14.6. The van der Waals surface area contributed by atoms with Crippen LogP contribution in [0.1, 0.15) is 12.5 Å². The number of esters is 1. The van der Waals surface area contributed by atoms with Gasteiger partial charge >= 0.3 is 11.7 Å². The van der Waals surface area contributed by atoms with Crippen LogP contribution in [0.5, 0.6) is 5.75 Å². The van der Waals surface area contributed by atoms with E-state index in [2.05, 4.69) is 11.4 Å². The van der Waals surface area contributed by atoms with Crippen LogP contribution in [0, 0.1) is 0 Å². The molecule has 0 saturated carbocycles. The summed E-state index contributed by atoms with van der Waals surface area (Å²) in [6.45, 7) is 5.44. The average Bonchev–Trinajstić information content (AvgIpc) is 2.38. The summed E-state index contributed by atoms with van der Waals surface area (Å²) in [6, 6.07) is 6.53. The maximum atomic E-state index is 11.6. The average molecular weight is 246 g/mol. The molecule has 0 aromatic heterocycles. The zero-order chi connectivity index (χ0) is 13.5. The Morgan fingerprint density at radius 2 is 2.00 bits per heavy atom. The van der Waals surface area contributed by atoms with Gasteiger partial charge in [-0.1, -0.05) is 6.58 Å². The first-order chi connectivity index (χ1) is 8.58. The van der Waals surface area contributed by atoms with Crippen LogP contribution in [0.25, 0.3) is 5.53 Å². The molecule has 0 aliphatic heterocycles. The van der Waals surface area contributed by atoms with Crippen molar-refractivity contribution < 1.29 is 19.1 Å². The third-order valence-corrected chi connectivity index (χ3v) is 2.11. The number of carbonyl (C=O) groups is 1. The molecule has 0 atom stereocenters. The minimum absolute atomic E-state index is 0.0913. The van der Waals surface area contributed by atoms with E-state index in [1.807, 2.05) is 0 Å². The summed E-state index contributed by atoms with van der Waals surface area (Å²) in [5.41, 5.74) is 9.87. The molecule has 0 radical (unpaired) electrons. The molecule has 18 heavy (non-hydrogen) atoms. The van der Waals surface area contributed by atoms with Gasteiger partial charge < -0.3 is 15.0 Å². The maximum Gasteiger partial charge on any atom is 0.422 e. The lowest BCUT2D eigenvalue weighted by atomic mass is 10.1. The first-order valence-corrected chi connectivity index (χ1v) is 5.26. The highest BCUT2D eigenvalue weighted by molar-refractivity contribution is 6.40. The predicted octanol–water partition coefficient (Wildman–Crippen LogP) is 1.83. The zero-order valence-electron chi connectivity index (χ0n) is 10.3. The van der Waals surface area contributed by atoms with Crippen LogP contribution in [0.4, 0.5) is 0 Å². The molecule has 0 fully saturated rings. The lowest BCUT2D eigenvalue weighted by Crippen LogP contribution is -2.20. The standard InChI is InChI=1S/C13H14N2O3/c1-9(2)8-18-13(16)12(15-14)10-4-6-11(17-3)7-5-10/h4-7H,1,8H2,2-3H3. The molecule has 0 saturated heterocycles. The van der Waals surface area contributed by atoms with E-state index in [-0.39, 0.29) is 12.3 Å². The highest BCUT2D eigenvalue weighted by atomic mass is 16.5. The number of benzene rings is 1. The predicted molar refractivity (Wildman–Crippen MR) is 66.5 cm³/mol. The normalized spacial score (nSPS) is 9.22. The molecule has 0 amide bonds. The Labute approximate surface area is 105 Å². The molecule has 1 aromatic rings. The van der Waals surface area contributed by atoms with Crippen molar-refractivity contribution in [2.75, 3.05) is 13.7 Å². The number of hydrogen-bond acceptors (Lipinski definition) is 3. The van der Waals surface area contributed by atoms with Crippen LogP contribution in [-0.2, 0) is 9.53 Å². The minimum Gasteiger partial charge on any atom is -0.497 e. The Balaban J connectivity index is 2.86. The van der Waals surface area contributed by atoms with E-state index in [0.717, 1.165) is 0 Å². The van der Waals surface area contributed by atoms with Gasteiger partial charge in [0.05, 0.1) is 12.7 Å². The quantitative estimate of drug-likeness (QED) is 0.261. The second-order valence-electron chi connectivity index (χ2n) is 3.71. The van der Waals surface area contributed by atoms with Gasteiger partial charge in [0.15, 0.2) is 0 Å². The van der Waals surface area contributed by atoms with Crippen LogP contribution < -0.4 is 4.74 Å². The van der Waals surface area contributed by atoms with Crippen LogP contribution in [-0.4, -0.2) is 30.2 Å². The van der Waals surface area contributed by atoms with Gasteiger partial charge in [-0.05, 0) is 36.8 Å². The number of hydrogen-bond donors (Lipinski definition) is 0. The molecule has 94 valence electrons. The molecule has 0 heterocycles. The van der Waals surface area contributed by atoms with Gasteiger partial charge in [0.1, 0.15) is 12.4 Å². The first-order valence-electron chi connectivity index (χ1n) is 5.26. The molecule has 0 spiro atoms. The van der Waals surface area contributed by atoms with Gasteiger partial charge in [-0.3, -0.25) is 0 Å². The second-order valence-corrected chi connectivity index (χ2v) is 3.71. The first kappa shape index (κ1) is 13.7. The van der Waals surface area contributed by atoms with Crippen molar-refractivity contribution in [2.45, 2.75) is 6.92 Å². The summed E-state index contributed by atoms with van der Waals surface area (Å²) < 4.78 is 9.90. The summed E-state index contributed by atoms with van der Waals surface area (Å²) in [5.74, 6) is -0.0583. The molecule has 0 aliphatic carbocycles. The third-order valence-electron chi connectivity index (χ3n) is 2.11. The Morgan fingerprint density at radius 1 is 1.39 bits per heavy atom. The monoisotopic (exact) mass is 246 g/mol. The molecule has 5 heteroatoms. The largest absolute Gasteiger partial charge is 0.497 e. The van der Waals surface area contributed by atoms with Crippen molar-refractivity contribution in [1.82, 2.24) is 0 Å². The van der Waals surface area contributed by atoms with Gasteiger partial charge in [0.2, 0.25) is 0 Å². The summed E-state index contributed by atoms with van der Waals surface area (Å²) >= 11 is 0. The van der Waals surface area contributed by atoms with Crippen molar-refractivity contribution >= 4 is 11.7 Å². The molecule has 1 aromatic carbocycles. The van der Waals surface area contributed by atoms with E-state index in [1.54, 1.807) is 31.2 Å². The molecule has 0 unspecified atom stereocenters. The third kappa shape index (κ3) is 3.57. The highest BCUT2D eigenvalue weighted by Gasteiger charge is 2.24. The van der Waals surface area contributed by atoms with Crippen molar-refractivity contribution in [1.29, 1.82) is 0 Å². The SMILES string of the molecule is C=C(C)COC(=O)C(=[N+]=[N-])c1ccc(OC)cc1. The zero-order valence-corrected chi connectivity index (χ0v) is 10.3. The number of rotatable bonds is 5. The fraction of sp³-hybridized carbons (Fsp3) is 0.231. The molecular weight excluding hydrogens is 232 g/mol. The van der Waals surface area contributed by atoms with E-state index >= 15 is 0 Å². The van der Waals surface area contributed by atoms with Crippen LogP contribution >= 0.6 is 0 Å². The van der Waals surface area contributed by atoms with Gasteiger partial charge in [-0.15, -0.1) is 0 Å². The fourth-order valence-corrected chi connectivity index (χ4v) is 1.22. The number of nitrogens with zero attached hydrogens (tertiary/aromatic N) is 2. The molecule has 0 bridgehead atoms. The van der Waals surface area contributed by atoms with Gasteiger partial charge in [-0.25, -0.2) is 4.79 Å². The summed E-state index contributed by atoms with van der Waals surface area (Å²) in [5, 5.41) is 0. The Kier molecular flexibility index (Phi) is 4.84. The summed E-state index contributed by atoms with van der Waals surface area (Å²) in [7, 11) is 1.54. The fourth-order valence-electron chi connectivity index (χ4n) is 1.22. The molecule has 1 rings (SSSR count). The van der Waals surface area contributed by atoms with Gasteiger partial charge in [0, 0.05) is 0 Å². The van der Waals surface area contributed by atoms with E-state index in [0.29, 0.717) is 16.9 Å². The molecular formula is C13H14N2O3. The lowest BCUT2D eigenvalue weighted by Gasteiger charge is -2.02. The Morgan fingerprint density at radius 3 is 2.44 bits per heavy atom. The van der Waals surface area contributed by atoms with Crippen LogP contribution in [0.2, 0.25) is 0 Å². The lowest BCUT2D eigenvalue weighted by molar-refractivity contribution is -0.139. The van der Waals surface area contributed by atoms with Crippen molar-refractivity contribution in [2.24, 2.45) is 0 Å². The van der Waals surface area contributed by atoms with E-state index in [1.165, 1.54) is 7.11 Å². The minimum atomic E-state index is -0.703. The second kappa shape index (κ2) is 6.37. The van der Waals surface area contributed by atoms with E-state index in [9.17, 15) is 4.79 Å². The Hall–Kier alpha value is -2.39. The number of ether oxygens (including phenoxy) is 2. The van der Waals surface area contributed by atoms with Crippen molar-refractivity contribution in [3.8, 4) is 5.75 Å². The van der Waals surface area contributed by atoms with Gasteiger partial charge in [0.25, 0.3) is 0 Å². The van der Waals surface area contributed by atoms with Crippen LogP contribution in [0.3, 0.4) is 0 Å². The number of carbonyl (C=O) groups excluding carboxylic acids is 1. The van der Waals surface area contributed by atoms with E-state index in [4.69, 9.17) is 15.0 Å². The topological polar surface area (TPSA) is 71.9 Å². The Bertz CT molecular complexity index is 499. The molecule has 5 nitrogen and oxygen atoms in total. The molecule has 0 N–H and O–H groups in total. The highest BCUT2D eigenvalue weighted by Crippen LogP contribution is 2.12. The smallest absolute Gasteiger partial charge is 0.422 e. The van der Waals surface area contributed by atoms with Crippen molar-refractivity contribution in [3.05, 3.63) is 47.5 Å². The van der Waals surface area contributed by atoms with Gasteiger partial charge in [-0.2, -0.15) is 4.79 Å². The summed E-state index contributed by atoms with van der Waals surface area (Å²) in [6.07, 6.45) is 0. The molecule has 0 aliphatic rings. The number of methoxy groups -OCH3 is 1. The maximum absolute atomic E-state index is 11.6. The van der Waals surface area contributed by atoms with E-state index < -0.39 is 5.97 Å². The van der Waals surface area contributed by atoms with Crippen LogP contribution in [0.15, 0.2) is 36.4 Å².